The third-order valence-electron chi connectivity index (χ3n) is 1.89. The summed E-state index contributed by atoms with van der Waals surface area (Å²) in [7, 11) is 1.75. The van der Waals surface area contributed by atoms with E-state index in [0.29, 0.717) is 5.02 Å². The topological polar surface area (TPSA) is 55.1 Å². The van der Waals surface area contributed by atoms with Crippen LogP contribution in [0.5, 0.6) is 0 Å². The Balaban J connectivity index is 2.87. The number of rotatable bonds is 3. The first-order chi connectivity index (χ1) is 6.02. The van der Waals surface area contributed by atoms with Gasteiger partial charge in [-0.05, 0) is 0 Å². The summed E-state index contributed by atoms with van der Waals surface area (Å²) < 4.78 is 1.61. The molecule has 5 heteroatoms. The van der Waals surface area contributed by atoms with Crippen LogP contribution in [0.25, 0.3) is 0 Å². The Labute approximate surface area is 81.1 Å². The molecule has 1 rings (SSSR count). The lowest BCUT2D eigenvalue weighted by Gasteiger charge is -2.09. The molecule has 0 amide bonds. The first-order valence-corrected chi connectivity index (χ1v) is 4.29. The Morgan fingerprint density at radius 2 is 2.46 bits per heavy atom. The van der Waals surface area contributed by atoms with E-state index >= 15 is 0 Å². The highest BCUT2D eigenvalue weighted by Crippen LogP contribution is 2.25. The standard InChI is InChI=1S/C8H11ClN2O2/c1-5(3-7(12)13)8-6(9)4-10-11(8)2/h4-5H,3H2,1-2H3,(H,12,13). The van der Waals surface area contributed by atoms with Crippen LogP contribution in [-0.4, -0.2) is 20.9 Å². The molecule has 0 saturated carbocycles. The summed E-state index contributed by atoms with van der Waals surface area (Å²) in [4.78, 5) is 10.5. The number of aromatic nitrogens is 2. The average Bonchev–Trinajstić information content (AvgIpc) is 2.29. The Hall–Kier alpha value is -1.03. The maximum atomic E-state index is 10.5. The SMILES string of the molecule is CC(CC(=O)O)c1c(Cl)cnn1C. The minimum absolute atomic E-state index is 0.0687. The molecule has 0 aliphatic carbocycles. The summed E-state index contributed by atoms with van der Waals surface area (Å²) >= 11 is 5.85. The number of carbonyl (C=O) groups is 1. The number of aryl methyl sites for hydroxylation is 1. The quantitative estimate of drug-likeness (QED) is 0.811. The second-order valence-corrected chi connectivity index (χ2v) is 3.41. The van der Waals surface area contributed by atoms with E-state index in [1.54, 1.807) is 11.7 Å². The minimum Gasteiger partial charge on any atom is -0.481 e. The van der Waals surface area contributed by atoms with Gasteiger partial charge in [0.1, 0.15) is 0 Å². The van der Waals surface area contributed by atoms with Crippen LogP contribution < -0.4 is 0 Å². The normalized spacial score (nSPS) is 12.8. The van der Waals surface area contributed by atoms with E-state index in [0.717, 1.165) is 5.69 Å². The zero-order valence-electron chi connectivity index (χ0n) is 7.49. The molecule has 1 aromatic heterocycles. The first kappa shape index (κ1) is 10.1. The van der Waals surface area contributed by atoms with Crippen molar-refractivity contribution in [2.45, 2.75) is 19.3 Å². The van der Waals surface area contributed by atoms with Crippen LogP contribution in [0.15, 0.2) is 6.20 Å². The smallest absolute Gasteiger partial charge is 0.304 e. The molecule has 1 heterocycles. The third-order valence-corrected chi connectivity index (χ3v) is 2.18. The largest absolute Gasteiger partial charge is 0.481 e. The number of halogens is 1. The Morgan fingerprint density at radius 3 is 2.85 bits per heavy atom. The fourth-order valence-electron chi connectivity index (χ4n) is 1.33. The lowest BCUT2D eigenvalue weighted by Crippen LogP contribution is -2.08. The van der Waals surface area contributed by atoms with Crippen molar-refractivity contribution in [3.05, 3.63) is 16.9 Å². The zero-order chi connectivity index (χ0) is 10.0. The number of nitrogens with zero attached hydrogens (tertiary/aromatic N) is 2. The van der Waals surface area contributed by atoms with Gasteiger partial charge < -0.3 is 5.11 Å². The molecule has 4 nitrogen and oxygen atoms in total. The Morgan fingerprint density at radius 1 is 1.85 bits per heavy atom. The number of carboxylic acids is 1. The predicted octanol–water partition coefficient (Wildman–Crippen LogP) is 1.65. The lowest BCUT2D eigenvalue weighted by atomic mass is 10.0. The van der Waals surface area contributed by atoms with Crippen molar-refractivity contribution < 1.29 is 9.90 Å². The van der Waals surface area contributed by atoms with Crippen molar-refractivity contribution in [3.8, 4) is 0 Å². The minimum atomic E-state index is -0.829. The van der Waals surface area contributed by atoms with Gasteiger partial charge in [-0.25, -0.2) is 0 Å². The molecule has 1 aromatic rings. The fourth-order valence-corrected chi connectivity index (χ4v) is 1.69. The number of aliphatic carboxylic acids is 1. The van der Waals surface area contributed by atoms with Gasteiger partial charge in [0.25, 0.3) is 0 Å². The van der Waals surface area contributed by atoms with Crippen LogP contribution >= 0.6 is 11.6 Å². The molecule has 1 atom stereocenters. The monoisotopic (exact) mass is 202 g/mol. The number of hydrogen-bond acceptors (Lipinski definition) is 2. The molecule has 0 aliphatic rings. The summed E-state index contributed by atoms with van der Waals surface area (Å²) in [5.41, 5.74) is 0.768. The van der Waals surface area contributed by atoms with Crippen LogP contribution in [0.4, 0.5) is 0 Å². The molecule has 0 bridgehead atoms. The Bertz CT molecular complexity index is 302. The summed E-state index contributed by atoms with van der Waals surface area (Å²) in [5, 5.41) is 13.1. The van der Waals surface area contributed by atoms with Crippen LogP contribution in [0.1, 0.15) is 25.0 Å². The second-order valence-electron chi connectivity index (χ2n) is 3.00. The average molecular weight is 203 g/mol. The Kier molecular flexibility index (Phi) is 2.93. The van der Waals surface area contributed by atoms with Crippen molar-refractivity contribution >= 4 is 17.6 Å². The van der Waals surface area contributed by atoms with Crippen LogP contribution in [0.2, 0.25) is 5.02 Å². The molecular formula is C8H11ClN2O2. The second kappa shape index (κ2) is 3.79. The van der Waals surface area contributed by atoms with Gasteiger partial charge in [0.15, 0.2) is 0 Å². The molecule has 0 aliphatic heterocycles. The highest BCUT2D eigenvalue weighted by Gasteiger charge is 2.17. The maximum absolute atomic E-state index is 10.5. The zero-order valence-corrected chi connectivity index (χ0v) is 8.25. The van der Waals surface area contributed by atoms with E-state index in [1.807, 2.05) is 6.92 Å². The fraction of sp³-hybridized carbons (Fsp3) is 0.500. The molecule has 1 unspecified atom stereocenters. The lowest BCUT2D eigenvalue weighted by molar-refractivity contribution is -0.137. The van der Waals surface area contributed by atoms with Crippen molar-refractivity contribution in [3.63, 3.8) is 0 Å². The van der Waals surface area contributed by atoms with Crippen molar-refractivity contribution in [1.29, 1.82) is 0 Å². The van der Waals surface area contributed by atoms with E-state index in [2.05, 4.69) is 5.10 Å². The molecule has 0 spiro atoms. The molecule has 0 radical (unpaired) electrons. The molecule has 0 aromatic carbocycles. The van der Waals surface area contributed by atoms with Gasteiger partial charge in [-0.2, -0.15) is 5.10 Å². The molecule has 13 heavy (non-hydrogen) atoms. The van der Waals surface area contributed by atoms with Crippen LogP contribution in [0.3, 0.4) is 0 Å². The van der Waals surface area contributed by atoms with E-state index in [-0.39, 0.29) is 12.3 Å². The van der Waals surface area contributed by atoms with Crippen molar-refractivity contribution in [2.75, 3.05) is 0 Å². The number of hydrogen-bond donors (Lipinski definition) is 1. The van der Waals surface area contributed by atoms with Gasteiger partial charge in [-0.1, -0.05) is 18.5 Å². The maximum Gasteiger partial charge on any atom is 0.304 e. The summed E-state index contributed by atoms with van der Waals surface area (Å²) in [6.45, 7) is 1.82. The molecule has 72 valence electrons. The van der Waals surface area contributed by atoms with Gasteiger partial charge in [-0.15, -0.1) is 0 Å². The van der Waals surface area contributed by atoms with Gasteiger partial charge in [0.2, 0.25) is 0 Å². The molecular weight excluding hydrogens is 192 g/mol. The summed E-state index contributed by atoms with van der Waals surface area (Å²) in [5.74, 6) is -0.942. The third kappa shape index (κ3) is 2.21. The molecule has 0 saturated heterocycles. The first-order valence-electron chi connectivity index (χ1n) is 3.91. The highest BCUT2D eigenvalue weighted by molar-refractivity contribution is 6.31. The van der Waals surface area contributed by atoms with Crippen molar-refractivity contribution in [1.82, 2.24) is 9.78 Å². The van der Waals surface area contributed by atoms with E-state index in [1.165, 1.54) is 6.20 Å². The van der Waals surface area contributed by atoms with Gasteiger partial charge in [0, 0.05) is 13.0 Å². The molecule has 1 N–H and O–H groups in total. The van der Waals surface area contributed by atoms with E-state index < -0.39 is 5.97 Å². The van der Waals surface area contributed by atoms with Gasteiger partial charge in [-0.3, -0.25) is 9.48 Å². The summed E-state index contributed by atoms with van der Waals surface area (Å²) in [6, 6.07) is 0. The van der Waals surface area contributed by atoms with Gasteiger partial charge in [0.05, 0.1) is 23.3 Å². The number of carboxylic acid groups (broad SMARTS) is 1. The van der Waals surface area contributed by atoms with Crippen LogP contribution in [0, 0.1) is 0 Å². The van der Waals surface area contributed by atoms with Crippen molar-refractivity contribution in [2.24, 2.45) is 7.05 Å². The van der Waals surface area contributed by atoms with E-state index in [9.17, 15) is 4.79 Å². The summed E-state index contributed by atoms with van der Waals surface area (Å²) in [6.07, 6.45) is 1.59. The highest BCUT2D eigenvalue weighted by atomic mass is 35.5. The van der Waals surface area contributed by atoms with Crippen LogP contribution in [-0.2, 0) is 11.8 Å². The van der Waals surface area contributed by atoms with E-state index in [4.69, 9.17) is 16.7 Å². The predicted molar refractivity (Wildman–Crippen MR) is 48.9 cm³/mol. The van der Waals surface area contributed by atoms with Gasteiger partial charge >= 0.3 is 5.97 Å². The molecule has 0 fully saturated rings.